The van der Waals surface area contributed by atoms with Gasteiger partial charge in [-0.05, 0) is 6.42 Å². The Morgan fingerprint density at radius 3 is 1.31 bits per heavy atom. The maximum atomic E-state index is 10.3. The molecule has 7 heteroatoms. The van der Waals surface area contributed by atoms with Crippen LogP contribution in [0.4, 0.5) is 0 Å². The molecule has 0 bridgehead atoms. The van der Waals surface area contributed by atoms with Crippen molar-refractivity contribution in [2.75, 3.05) is 6.61 Å². The average Bonchev–Trinajstić information content (AvgIpc) is 2.65. The molecule has 0 heterocycles. The Morgan fingerprint density at radius 2 is 1.00 bits per heavy atom. The summed E-state index contributed by atoms with van der Waals surface area (Å²) in [6.07, 6.45) is 22.9. The Labute approximate surface area is 203 Å². The Bertz CT molecular complexity index is 322. The molecule has 0 saturated heterocycles. The van der Waals surface area contributed by atoms with Gasteiger partial charge in [0.25, 0.3) is 0 Å². The van der Waals surface area contributed by atoms with Crippen LogP contribution in [0, 0.1) is 6.92 Å². The Balaban J connectivity index is -0.000000837. The van der Waals surface area contributed by atoms with Crippen LogP contribution in [0.15, 0.2) is 0 Å². The third-order valence-corrected chi connectivity index (χ3v) is 4.88. The standard InChI is InChI=1S/C16H35O5P.C6H13.Na/c1-2-3-4-5-6-7-8-9-10-11-12-13-14-15-16-20-21-22(17,18)19;1-3-5-6-4-2;/h2-16H2,1H3,(H2,17,18,19);1,3-6H2,2H3;/q;-1;+1. The predicted molar refractivity (Wildman–Crippen MR) is 119 cm³/mol. The van der Waals surface area contributed by atoms with E-state index in [1.807, 2.05) is 0 Å². The fraction of sp³-hybridized carbons (Fsp3) is 0.955. The van der Waals surface area contributed by atoms with E-state index in [2.05, 4.69) is 30.3 Å². The van der Waals surface area contributed by atoms with Crippen LogP contribution in [0.2, 0.25) is 0 Å². The van der Waals surface area contributed by atoms with Crippen LogP contribution in [0.5, 0.6) is 0 Å². The summed E-state index contributed by atoms with van der Waals surface area (Å²) in [4.78, 5) is 21.2. The molecular formula is C22H48NaO5P. The first-order valence-electron chi connectivity index (χ1n) is 11.6. The van der Waals surface area contributed by atoms with Gasteiger partial charge in [0, 0.05) is 0 Å². The average molecular weight is 447 g/mol. The van der Waals surface area contributed by atoms with Crippen molar-refractivity contribution in [3.63, 3.8) is 0 Å². The molecule has 0 aromatic heterocycles. The van der Waals surface area contributed by atoms with Crippen LogP contribution in [0.3, 0.4) is 0 Å². The third-order valence-electron chi connectivity index (χ3n) is 4.58. The number of hydrogen-bond acceptors (Lipinski definition) is 3. The van der Waals surface area contributed by atoms with Gasteiger partial charge in [0.1, 0.15) is 0 Å². The van der Waals surface area contributed by atoms with Crippen molar-refractivity contribution in [3.05, 3.63) is 6.92 Å². The number of hydrogen-bond donors (Lipinski definition) is 2. The van der Waals surface area contributed by atoms with E-state index < -0.39 is 7.82 Å². The van der Waals surface area contributed by atoms with E-state index in [-0.39, 0.29) is 36.2 Å². The number of unbranched alkanes of at least 4 members (excludes halogenated alkanes) is 16. The fourth-order valence-electron chi connectivity index (χ4n) is 2.89. The van der Waals surface area contributed by atoms with E-state index in [0.717, 1.165) is 25.7 Å². The summed E-state index contributed by atoms with van der Waals surface area (Å²) in [5.41, 5.74) is 0. The Kier molecular flexibility index (Phi) is 34.8. The summed E-state index contributed by atoms with van der Waals surface area (Å²) >= 11 is 0. The van der Waals surface area contributed by atoms with Gasteiger partial charge >= 0.3 is 37.4 Å². The summed E-state index contributed by atoms with van der Waals surface area (Å²) in [5, 5.41) is 0. The van der Waals surface area contributed by atoms with Gasteiger partial charge in [0.05, 0.1) is 6.61 Å². The first-order chi connectivity index (χ1) is 13.5. The third kappa shape index (κ3) is 40.0. The molecule has 0 fully saturated rings. The van der Waals surface area contributed by atoms with E-state index in [0.29, 0.717) is 0 Å². The summed E-state index contributed by atoms with van der Waals surface area (Å²) in [5.74, 6) is 0. The molecule has 0 aliphatic carbocycles. The molecule has 0 aliphatic heterocycles. The molecule has 0 aromatic carbocycles. The van der Waals surface area contributed by atoms with E-state index in [1.54, 1.807) is 0 Å². The second kappa shape index (κ2) is 29.1. The molecule has 2 N–H and O–H groups in total. The Morgan fingerprint density at radius 1 is 0.655 bits per heavy atom. The van der Waals surface area contributed by atoms with Gasteiger partial charge < -0.3 is 16.7 Å². The topological polar surface area (TPSA) is 76.0 Å². The van der Waals surface area contributed by atoms with E-state index in [4.69, 9.17) is 9.79 Å². The second-order valence-corrected chi connectivity index (χ2v) is 8.67. The molecule has 0 aliphatic rings. The maximum absolute atomic E-state index is 10.3. The van der Waals surface area contributed by atoms with Crippen molar-refractivity contribution in [1.29, 1.82) is 0 Å². The maximum Gasteiger partial charge on any atom is 1.00 e. The minimum Gasteiger partial charge on any atom is -0.343 e. The number of rotatable bonds is 20. The summed E-state index contributed by atoms with van der Waals surface area (Å²) in [6.45, 7) is 8.42. The molecule has 0 unspecified atom stereocenters. The first kappa shape index (κ1) is 34.7. The van der Waals surface area contributed by atoms with Crippen LogP contribution < -0.4 is 29.6 Å². The van der Waals surface area contributed by atoms with E-state index in [9.17, 15) is 4.57 Å². The van der Waals surface area contributed by atoms with Gasteiger partial charge in [-0.1, -0.05) is 117 Å². The zero-order chi connectivity index (χ0) is 21.3. The van der Waals surface area contributed by atoms with Crippen LogP contribution in [-0.2, 0) is 14.1 Å². The van der Waals surface area contributed by atoms with Crippen LogP contribution in [0.25, 0.3) is 0 Å². The zero-order valence-corrected chi connectivity index (χ0v) is 22.6. The van der Waals surface area contributed by atoms with Crippen molar-refractivity contribution in [3.8, 4) is 0 Å². The summed E-state index contributed by atoms with van der Waals surface area (Å²) in [6, 6.07) is 0. The van der Waals surface area contributed by atoms with Crippen molar-refractivity contribution in [1.82, 2.24) is 0 Å². The molecule has 29 heavy (non-hydrogen) atoms. The quantitative estimate of drug-likeness (QED) is 0.0694. The molecule has 0 amide bonds. The molecule has 0 spiro atoms. The number of phosphoric acid groups is 1. The van der Waals surface area contributed by atoms with E-state index in [1.165, 1.54) is 89.9 Å². The fourth-order valence-corrected chi connectivity index (χ4v) is 3.10. The minimum absolute atomic E-state index is 0. The molecule has 5 nitrogen and oxygen atoms in total. The van der Waals surface area contributed by atoms with Gasteiger partial charge in [0.2, 0.25) is 0 Å². The molecule has 0 saturated carbocycles. The normalized spacial score (nSPS) is 10.9. The van der Waals surface area contributed by atoms with Gasteiger partial charge in [0.15, 0.2) is 0 Å². The van der Waals surface area contributed by atoms with Gasteiger partial charge in [-0.2, -0.15) is 6.42 Å². The van der Waals surface area contributed by atoms with Crippen LogP contribution >= 0.6 is 7.82 Å². The summed E-state index contributed by atoms with van der Waals surface area (Å²) < 4.78 is 14.2. The smallest absolute Gasteiger partial charge is 0.343 e. The minimum atomic E-state index is -4.48. The summed E-state index contributed by atoms with van der Waals surface area (Å²) in [7, 11) is -4.48. The monoisotopic (exact) mass is 446 g/mol. The molecule has 0 radical (unpaired) electrons. The largest absolute Gasteiger partial charge is 1.00 e. The van der Waals surface area contributed by atoms with E-state index >= 15 is 0 Å². The Hall–Kier alpha value is 1.07. The van der Waals surface area contributed by atoms with Crippen LogP contribution in [0.1, 0.15) is 129 Å². The molecule has 0 atom stereocenters. The van der Waals surface area contributed by atoms with Crippen molar-refractivity contribution < 1.29 is 53.5 Å². The van der Waals surface area contributed by atoms with Gasteiger partial charge in [-0.3, -0.25) is 0 Å². The first-order valence-corrected chi connectivity index (χ1v) is 13.2. The van der Waals surface area contributed by atoms with Gasteiger partial charge in [-0.15, -0.1) is 4.67 Å². The van der Waals surface area contributed by atoms with Crippen LogP contribution in [-0.4, -0.2) is 16.4 Å². The van der Waals surface area contributed by atoms with Crippen molar-refractivity contribution >= 4 is 7.82 Å². The second-order valence-electron chi connectivity index (χ2n) is 7.54. The molecule has 0 rings (SSSR count). The van der Waals surface area contributed by atoms with Crippen molar-refractivity contribution in [2.45, 2.75) is 129 Å². The molecule has 0 aromatic rings. The van der Waals surface area contributed by atoms with Gasteiger partial charge in [-0.25, -0.2) is 9.45 Å². The predicted octanol–water partition coefficient (Wildman–Crippen LogP) is 4.91. The zero-order valence-electron chi connectivity index (χ0n) is 19.7. The molecular weight excluding hydrogens is 398 g/mol. The SMILES string of the molecule is CCCCCCCCCCCCCCCCOOP(=O)(O)O.[CH2-]CCCCC.[Na+]. The molecule has 172 valence electrons. The van der Waals surface area contributed by atoms with Crippen molar-refractivity contribution in [2.24, 2.45) is 0 Å².